The molecular weight excluding hydrogens is 416 g/mol. The first kappa shape index (κ1) is 24.4. The Morgan fingerprint density at radius 2 is 1.67 bits per heavy atom. The van der Waals surface area contributed by atoms with Gasteiger partial charge in [0.15, 0.2) is 0 Å². The summed E-state index contributed by atoms with van der Waals surface area (Å²) in [7, 11) is 0. The van der Waals surface area contributed by atoms with Crippen LogP contribution in [0.1, 0.15) is 74.2 Å². The third-order valence-electron chi connectivity index (χ3n) is 5.87. The molecule has 0 heterocycles. The third-order valence-corrected chi connectivity index (χ3v) is 5.87. The lowest BCUT2D eigenvalue weighted by atomic mass is 9.88. The Hall–Kier alpha value is -3.28. The van der Waals surface area contributed by atoms with Crippen molar-refractivity contribution >= 4 is 29.1 Å². The molecular formula is C27H32N2O4. The summed E-state index contributed by atoms with van der Waals surface area (Å²) in [6, 6.07) is 16.1. The van der Waals surface area contributed by atoms with Crippen LogP contribution in [0.4, 0.5) is 5.69 Å². The van der Waals surface area contributed by atoms with Gasteiger partial charge in [0.25, 0.3) is 0 Å². The number of benzene rings is 2. The molecule has 1 aliphatic carbocycles. The van der Waals surface area contributed by atoms with Gasteiger partial charge in [0.05, 0.1) is 6.42 Å². The molecule has 0 saturated heterocycles. The molecule has 1 saturated carbocycles. The summed E-state index contributed by atoms with van der Waals surface area (Å²) in [5.41, 5.74) is 2.16. The zero-order valence-electron chi connectivity index (χ0n) is 19.2. The molecule has 2 aromatic rings. The Kier molecular flexibility index (Phi) is 9.36. The minimum absolute atomic E-state index is 0.0457. The Labute approximate surface area is 195 Å². The Morgan fingerprint density at radius 1 is 0.970 bits per heavy atom. The lowest BCUT2D eigenvalue weighted by molar-refractivity contribution is -0.142. The average Bonchev–Trinajstić information content (AvgIpc) is 2.85. The second-order valence-corrected chi connectivity index (χ2v) is 8.50. The molecule has 1 aliphatic rings. The predicted octanol–water partition coefficient (Wildman–Crippen LogP) is 5.72. The quantitative estimate of drug-likeness (QED) is 0.218. The smallest absolute Gasteiger partial charge is 0.326 e. The van der Waals surface area contributed by atoms with E-state index in [-0.39, 0.29) is 29.7 Å². The number of unbranched alkanes of at least 4 members (excludes halogenated alkanes) is 1. The van der Waals surface area contributed by atoms with Gasteiger partial charge in [-0.1, -0.05) is 68.1 Å². The predicted molar refractivity (Wildman–Crippen MR) is 129 cm³/mol. The summed E-state index contributed by atoms with van der Waals surface area (Å²) in [5.74, 6) is -0.674. The van der Waals surface area contributed by atoms with Gasteiger partial charge in [0.1, 0.15) is 5.71 Å². The largest absolute Gasteiger partial charge is 0.339 e. The van der Waals surface area contributed by atoms with Crippen LogP contribution in [0.25, 0.3) is 0 Å². The highest BCUT2D eigenvalue weighted by atomic mass is 16.7. The number of nitrogens with one attached hydrogen (secondary N) is 1. The molecule has 33 heavy (non-hydrogen) atoms. The molecule has 6 nitrogen and oxygen atoms in total. The van der Waals surface area contributed by atoms with E-state index in [1.54, 1.807) is 24.3 Å². The number of anilines is 1. The van der Waals surface area contributed by atoms with Gasteiger partial charge in [-0.15, -0.1) is 0 Å². The van der Waals surface area contributed by atoms with Crippen LogP contribution in [0, 0.1) is 5.92 Å². The number of rotatable bonds is 10. The number of Topliss-reactive ketones (excluding diaryl/α,β-unsaturated/α-hetero) is 1. The van der Waals surface area contributed by atoms with E-state index in [0.717, 1.165) is 44.1 Å². The fourth-order valence-electron chi connectivity index (χ4n) is 3.93. The summed E-state index contributed by atoms with van der Waals surface area (Å²) in [6.07, 6.45) is 7.42. The highest BCUT2D eigenvalue weighted by Gasteiger charge is 2.21. The first-order chi connectivity index (χ1) is 16.1. The van der Waals surface area contributed by atoms with E-state index < -0.39 is 5.97 Å². The monoisotopic (exact) mass is 448 g/mol. The van der Waals surface area contributed by atoms with E-state index in [4.69, 9.17) is 4.84 Å². The molecule has 0 spiro atoms. The summed E-state index contributed by atoms with van der Waals surface area (Å²) >= 11 is 0. The van der Waals surface area contributed by atoms with Crippen LogP contribution in [0.5, 0.6) is 0 Å². The van der Waals surface area contributed by atoms with Crippen molar-refractivity contribution in [3.05, 3.63) is 65.7 Å². The normalized spacial score (nSPS) is 14.5. The molecule has 0 aromatic heterocycles. The second-order valence-electron chi connectivity index (χ2n) is 8.50. The van der Waals surface area contributed by atoms with Gasteiger partial charge in [-0.2, -0.15) is 0 Å². The maximum atomic E-state index is 13.0. The van der Waals surface area contributed by atoms with Crippen LogP contribution in [0.3, 0.4) is 0 Å². The molecule has 1 amide bonds. The average molecular weight is 449 g/mol. The third kappa shape index (κ3) is 7.67. The van der Waals surface area contributed by atoms with Gasteiger partial charge < -0.3 is 10.2 Å². The van der Waals surface area contributed by atoms with Crippen molar-refractivity contribution in [2.75, 3.05) is 5.32 Å². The highest BCUT2D eigenvalue weighted by molar-refractivity contribution is 6.45. The molecule has 0 bridgehead atoms. The van der Waals surface area contributed by atoms with E-state index >= 15 is 0 Å². The summed E-state index contributed by atoms with van der Waals surface area (Å²) in [6.45, 7) is 2.02. The minimum atomic E-state index is -0.510. The molecule has 0 radical (unpaired) electrons. The van der Waals surface area contributed by atoms with Gasteiger partial charge in [-0.05, 0) is 55.5 Å². The summed E-state index contributed by atoms with van der Waals surface area (Å²) < 4.78 is 0. The van der Waals surface area contributed by atoms with Crippen molar-refractivity contribution in [1.82, 2.24) is 0 Å². The first-order valence-corrected chi connectivity index (χ1v) is 11.8. The van der Waals surface area contributed by atoms with Crippen LogP contribution in [-0.4, -0.2) is 23.4 Å². The van der Waals surface area contributed by atoms with Crippen molar-refractivity contribution in [1.29, 1.82) is 0 Å². The van der Waals surface area contributed by atoms with Gasteiger partial charge >= 0.3 is 5.97 Å². The molecule has 2 aromatic carbocycles. The molecule has 0 atom stereocenters. The highest BCUT2D eigenvalue weighted by Crippen LogP contribution is 2.25. The zero-order chi connectivity index (χ0) is 23.5. The maximum absolute atomic E-state index is 13.0. The number of amides is 1. The fraction of sp³-hybridized carbons (Fsp3) is 0.407. The van der Waals surface area contributed by atoms with Gasteiger partial charge in [-0.25, -0.2) is 4.79 Å². The van der Waals surface area contributed by atoms with Crippen LogP contribution in [-0.2, 0) is 20.8 Å². The Balaban J connectivity index is 1.62. The van der Waals surface area contributed by atoms with Crippen molar-refractivity contribution < 1.29 is 19.2 Å². The standard InChI is InChI=1S/C27H32N2O4/c1-2-3-14-24(29-33-25(30)19-20-10-6-4-7-11-20)26(31)21-15-17-23(18-16-21)28-27(32)22-12-8-5-9-13-22/h4,6-7,10-11,15-18,22H,2-3,5,8-9,12-14,19H2,1H3,(H,28,32)/b29-24+. The number of carbonyl (C=O) groups is 3. The first-order valence-electron chi connectivity index (χ1n) is 11.8. The number of carbonyl (C=O) groups excluding carboxylic acids is 3. The molecule has 6 heteroatoms. The van der Waals surface area contributed by atoms with Gasteiger partial charge in [0.2, 0.25) is 11.7 Å². The lowest BCUT2D eigenvalue weighted by Crippen LogP contribution is -2.24. The number of hydrogen-bond donors (Lipinski definition) is 1. The van der Waals surface area contributed by atoms with Crippen molar-refractivity contribution in [2.24, 2.45) is 11.1 Å². The maximum Gasteiger partial charge on any atom is 0.339 e. The molecule has 0 aliphatic heterocycles. The van der Waals surface area contributed by atoms with Crippen molar-refractivity contribution in [3.63, 3.8) is 0 Å². The minimum Gasteiger partial charge on any atom is -0.326 e. The van der Waals surface area contributed by atoms with E-state index in [0.29, 0.717) is 17.7 Å². The van der Waals surface area contributed by atoms with Gasteiger partial charge in [-0.3, -0.25) is 9.59 Å². The Morgan fingerprint density at radius 3 is 2.33 bits per heavy atom. The number of nitrogens with zero attached hydrogens (tertiary/aromatic N) is 1. The summed E-state index contributed by atoms with van der Waals surface area (Å²) in [4.78, 5) is 42.6. The van der Waals surface area contributed by atoms with E-state index in [9.17, 15) is 14.4 Å². The van der Waals surface area contributed by atoms with E-state index in [1.165, 1.54) is 6.42 Å². The number of oxime groups is 1. The molecule has 1 fully saturated rings. The fourth-order valence-corrected chi connectivity index (χ4v) is 3.93. The topological polar surface area (TPSA) is 84.8 Å². The summed E-state index contributed by atoms with van der Waals surface area (Å²) in [5, 5.41) is 6.87. The molecule has 3 rings (SSSR count). The van der Waals surface area contributed by atoms with Crippen LogP contribution >= 0.6 is 0 Å². The molecule has 1 N–H and O–H groups in total. The molecule has 0 unspecified atom stereocenters. The number of hydrogen-bond acceptors (Lipinski definition) is 5. The van der Waals surface area contributed by atoms with Crippen LogP contribution in [0.15, 0.2) is 59.8 Å². The van der Waals surface area contributed by atoms with E-state index in [1.807, 2.05) is 37.3 Å². The van der Waals surface area contributed by atoms with Crippen LogP contribution in [0.2, 0.25) is 0 Å². The SMILES string of the molecule is CCCC/C(=N\OC(=O)Cc1ccccc1)C(=O)c1ccc(NC(=O)C2CCCCC2)cc1. The lowest BCUT2D eigenvalue weighted by Gasteiger charge is -2.20. The Bertz CT molecular complexity index is 961. The number of ketones is 1. The van der Waals surface area contributed by atoms with Crippen molar-refractivity contribution in [3.8, 4) is 0 Å². The van der Waals surface area contributed by atoms with Crippen LogP contribution < -0.4 is 5.32 Å². The van der Waals surface area contributed by atoms with Gasteiger partial charge in [0, 0.05) is 17.2 Å². The van der Waals surface area contributed by atoms with Crippen molar-refractivity contribution in [2.45, 2.75) is 64.7 Å². The van der Waals surface area contributed by atoms with E-state index in [2.05, 4.69) is 10.5 Å². The zero-order valence-corrected chi connectivity index (χ0v) is 19.2. The second kappa shape index (κ2) is 12.7. The molecule has 174 valence electrons.